The predicted octanol–water partition coefficient (Wildman–Crippen LogP) is 2.82. The van der Waals surface area contributed by atoms with Gasteiger partial charge >= 0.3 is 0 Å². The molecule has 0 unspecified atom stereocenters. The van der Waals surface area contributed by atoms with Crippen molar-refractivity contribution in [1.82, 2.24) is 24.9 Å². The molecule has 174 valence electrons. The van der Waals surface area contributed by atoms with Gasteiger partial charge in [-0.2, -0.15) is 4.98 Å². The van der Waals surface area contributed by atoms with Crippen molar-refractivity contribution >= 4 is 39.0 Å². The van der Waals surface area contributed by atoms with Gasteiger partial charge in [-0.05, 0) is 55.5 Å². The molecule has 12 heteroatoms. The minimum absolute atomic E-state index is 0.0514. The fourth-order valence-electron chi connectivity index (χ4n) is 2.98. The topological polar surface area (TPSA) is 161 Å². The number of hydrogen-bond donors (Lipinski definition) is 4. The molecule has 0 amide bonds. The molecule has 0 atom stereocenters. The van der Waals surface area contributed by atoms with E-state index in [1.165, 1.54) is 0 Å². The lowest BCUT2D eigenvalue weighted by Crippen LogP contribution is -2.22. The number of rotatable bonds is 9. The molecule has 4 rings (SSSR count). The number of nitrogens with zero attached hydrogens (tertiary/aromatic N) is 5. The Morgan fingerprint density at radius 1 is 0.824 bits per heavy atom. The summed E-state index contributed by atoms with van der Waals surface area (Å²) in [5, 5.41) is 6.23. The van der Waals surface area contributed by atoms with Crippen molar-refractivity contribution in [3.05, 3.63) is 72.7 Å². The zero-order chi connectivity index (χ0) is 24.0. The van der Waals surface area contributed by atoms with Crippen LogP contribution in [0.3, 0.4) is 0 Å². The SMILES string of the molecule is Cc1cccc(-c2nccc(Nc3ccnc(Nc4ccc(NS(=O)(=O)CCN)cc4)n3)n2)n1. The Kier molecular flexibility index (Phi) is 6.90. The van der Waals surface area contributed by atoms with Gasteiger partial charge in [0.15, 0.2) is 5.82 Å². The summed E-state index contributed by atoms with van der Waals surface area (Å²) in [6.45, 7) is 1.96. The minimum Gasteiger partial charge on any atom is -0.329 e. The fourth-order valence-corrected chi connectivity index (χ4v) is 3.88. The average Bonchev–Trinajstić information content (AvgIpc) is 2.81. The standard InChI is InChI=1S/C22H23N9O2S/c1-15-3-2-4-18(26-15)21-24-12-9-19(29-21)28-20-10-13-25-22(30-20)27-16-5-7-17(8-6-16)31-34(32,33)14-11-23/h2-10,12-13,31H,11,14,23H2,1H3,(H2,24,25,27,28,29,30). The molecular weight excluding hydrogens is 454 g/mol. The summed E-state index contributed by atoms with van der Waals surface area (Å²) < 4.78 is 26.1. The van der Waals surface area contributed by atoms with E-state index in [1.807, 2.05) is 25.1 Å². The highest BCUT2D eigenvalue weighted by atomic mass is 32.2. The molecule has 0 fully saturated rings. The number of aryl methyl sites for hydroxylation is 1. The zero-order valence-corrected chi connectivity index (χ0v) is 19.1. The van der Waals surface area contributed by atoms with Crippen LogP contribution in [0.1, 0.15) is 5.69 Å². The van der Waals surface area contributed by atoms with E-state index in [-0.39, 0.29) is 12.3 Å². The highest BCUT2D eigenvalue weighted by Gasteiger charge is 2.09. The first-order chi connectivity index (χ1) is 16.4. The summed E-state index contributed by atoms with van der Waals surface area (Å²) in [7, 11) is -3.46. The Morgan fingerprint density at radius 2 is 1.53 bits per heavy atom. The van der Waals surface area contributed by atoms with Crippen LogP contribution in [0, 0.1) is 6.92 Å². The quantitative estimate of drug-likeness (QED) is 0.282. The van der Waals surface area contributed by atoms with E-state index in [2.05, 4.69) is 40.3 Å². The monoisotopic (exact) mass is 477 g/mol. The van der Waals surface area contributed by atoms with Gasteiger partial charge in [0.25, 0.3) is 0 Å². The minimum atomic E-state index is -3.46. The van der Waals surface area contributed by atoms with Gasteiger partial charge in [-0.15, -0.1) is 0 Å². The largest absolute Gasteiger partial charge is 0.329 e. The Hall–Kier alpha value is -4.16. The van der Waals surface area contributed by atoms with Crippen molar-refractivity contribution in [3.63, 3.8) is 0 Å². The van der Waals surface area contributed by atoms with E-state index in [0.29, 0.717) is 40.5 Å². The number of pyridine rings is 1. The van der Waals surface area contributed by atoms with Crippen LogP contribution in [0.15, 0.2) is 67.0 Å². The molecule has 11 nitrogen and oxygen atoms in total. The number of hydrogen-bond acceptors (Lipinski definition) is 10. The second-order valence-corrected chi connectivity index (χ2v) is 9.07. The number of aromatic nitrogens is 5. The molecule has 3 heterocycles. The fraction of sp³-hybridized carbons (Fsp3) is 0.136. The highest BCUT2D eigenvalue weighted by Crippen LogP contribution is 2.20. The van der Waals surface area contributed by atoms with Crippen LogP contribution in [-0.2, 0) is 10.0 Å². The van der Waals surface area contributed by atoms with Crippen molar-refractivity contribution in [2.45, 2.75) is 6.92 Å². The second kappa shape index (κ2) is 10.2. The molecule has 5 N–H and O–H groups in total. The molecule has 0 aliphatic rings. The van der Waals surface area contributed by atoms with Crippen LogP contribution in [-0.4, -0.2) is 45.6 Å². The van der Waals surface area contributed by atoms with E-state index >= 15 is 0 Å². The van der Waals surface area contributed by atoms with Gasteiger partial charge in [-0.1, -0.05) is 6.07 Å². The van der Waals surface area contributed by atoms with E-state index in [1.54, 1.807) is 48.8 Å². The summed E-state index contributed by atoms with van der Waals surface area (Å²) in [4.78, 5) is 21.9. The third kappa shape index (κ3) is 6.21. The van der Waals surface area contributed by atoms with Gasteiger partial charge in [-0.25, -0.2) is 28.4 Å². The van der Waals surface area contributed by atoms with Crippen LogP contribution >= 0.6 is 0 Å². The third-order valence-corrected chi connectivity index (χ3v) is 5.81. The van der Waals surface area contributed by atoms with Crippen LogP contribution < -0.4 is 21.1 Å². The lowest BCUT2D eigenvalue weighted by Gasteiger charge is -2.10. The second-order valence-electron chi connectivity index (χ2n) is 7.23. The summed E-state index contributed by atoms with van der Waals surface area (Å²) in [6.07, 6.45) is 3.26. The smallest absolute Gasteiger partial charge is 0.233 e. The first-order valence-electron chi connectivity index (χ1n) is 10.3. The highest BCUT2D eigenvalue weighted by molar-refractivity contribution is 7.92. The van der Waals surface area contributed by atoms with Gasteiger partial charge in [-0.3, -0.25) is 4.72 Å². The molecule has 0 bridgehead atoms. The van der Waals surface area contributed by atoms with Crippen molar-refractivity contribution in [2.24, 2.45) is 5.73 Å². The summed E-state index contributed by atoms with van der Waals surface area (Å²) in [5.74, 6) is 1.81. The first kappa shape index (κ1) is 23.0. The van der Waals surface area contributed by atoms with Crippen LogP contribution in [0.2, 0.25) is 0 Å². The first-order valence-corrected chi connectivity index (χ1v) is 12.0. The number of nitrogens with one attached hydrogen (secondary N) is 3. The predicted molar refractivity (Wildman–Crippen MR) is 132 cm³/mol. The molecule has 0 saturated carbocycles. The van der Waals surface area contributed by atoms with Crippen LogP contribution in [0.25, 0.3) is 11.5 Å². The molecule has 0 saturated heterocycles. The van der Waals surface area contributed by atoms with Crippen molar-refractivity contribution in [2.75, 3.05) is 27.7 Å². The number of benzene rings is 1. The molecule has 0 aliphatic carbocycles. The maximum atomic E-state index is 11.8. The average molecular weight is 478 g/mol. The van der Waals surface area contributed by atoms with Gasteiger partial charge < -0.3 is 16.4 Å². The Balaban J connectivity index is 1.44. The summed E-state index contributed by atoms with van der Waals surface area (Å²) in [6, 6.07) is 15.8. The zero-order valence-electron chi connectivity index (χ0n) is 18.3. The summed E-state index contributed by atoms with van der Waals surface area (Å²) in [5.41, 5.74) is 8.02. The molecule has 4 aromatic rings. The molecule has 1 aromatic carbocycles. The Bertz CT molecular complexity index is 1380. The van der Waals surface area contributed by atoms with Gasteiger partial charge in [0.05, 0.1) is 5.75 Å². The lowest BCUT2D eigenvalue weighted by molar-refractivity contribution is 0.601. The Labute approximate surface area is 197 Å². The van der Waals surface area contributed by atoms with Crippen molar-refractivity contribution in [1.29, 1.82) is 0 Å². The maximum Gasteiger partial charge on any atom is 0.233 e. The van der Waals surface area contributed by atoms with E-state index in [9.17, 15) is 8.42 Å². The number of anilines is 5. The molecular formula is C22H23N9O2S. The van der Waals surface area contributed by atoms with Crippen LogP contribution in [0.5, 0.6) is 0 Å². The van der Waals surface area contributed by atoms with Gasteiger partial charge in [0, 0.05) is 36.0 Å². The number of nitrogens with two attached hydrogens (primary N) is 1. The maximum absolute atomic E-state index is 11.8. The third-order valence-electron chi connectivity index (χ3n) is 4.49. The number of sulfonamides is 1. The van der Waals surface area contributed by atoms with Crippen molar-refractivity contribution < 1.29 is 8.42 Å². The normalized spacial score (nSPS) is 11.1. The van der Waals surface area contributed by atoms with E-state index in [4.69, 9.17) is 5.73 Å². The van der Waals surface area contributed by atoms with Crippen molar-refractivity contribution in [3.8, 4) is 11.5 Å². The molecule has 34 heavy (non-hydrogen) atoms. The van der Waals surface area contributed by atoms with Gasteiger partial charge in [0.2, 0.25) is 16.0 Å². The lowest BCUT2D eigenvalue weighted by atomic mass is 10.3. The molecule has 0 aliphatic heterocycles. The van der Waals surface area contributed by atoms with Crippen LogP contribution in [0.4, 0.5) is 29.0 Å². The van der Waals surface area contributed by atoms with E-state index in [0.717, 1.165) is 5.69 Å². The summed E-state index contributed by atoms with van der Waals surface area (Å²) >= 11 is 0. The van der Waals surface area contributed by atoms with E-state index < -0.39 is 10.0 Å². The van der Waals surface area contributed by atoms with Gasteiger partial charge in [0.1, 0.15) is 17.3 Å². The Morgan fingerprint density at radius 3 is 2.26 bits per heavy atom. The molecule has 3 aromatic heterocycles. The molecule has 0 spiro atoms. The molecule has 0 radical (unpaired) electrons.